The van der Waals surface area contributed by atoms with E-state index in [0.29, 0.717) is 18.9 Å². The van der Waals surface area contributed by atoms with Crippen LogP contribution in [0.1, 0.15) is 17.0 Å². The van der Waals surface area contributed by atoms with E-state index in [2.05, 4.69) is 10.2 Å². The van der Waals surface area contributed by atoms with Gasteiger partial charge in [-0.1, -0.05) is 29.4 Å². The van der Waals surface area contributed by atoms with Gasteiger partial charge in [0.25, 0.3) is 0 Å². The van der Waals surface area contributed by atoms with Gasteiger partial charge >= 0.3 is 6.01 Å². The van der Waals surface area contributed by atoms with E-state index in [4.69, 9.17) is 15.9 Å². The van der Waals surface area contributed by atoms with Gasteiger partial charge in [0.05, 0.1) is 6.42 Å². The summed E-state index contributed by atoms with van der Waals surface area (Å²) in [6.45, 7) is 0.549. The fourth-order valence-electron chi connectivity index (χ4n) is 1.31. The van der Waals surface area contributed by atoms with Crippen LogP contribution in [0.3, 0.4) is 0 Å². The molecule has 0 unspecified atom stereocenters. The Labute approximate surface area is 87.1 Å². The Bertz CT molecular complexity index is 435. The molecular weight excluding hydrogens is 192 g/mol. The lowest BCUT2D eigenvalue weighted by molar-refractivity contribution is 0.522. The monoisotopic (exact) mass is 204 g/mol. The van der Waals surface area contributed by atoms with Gasteiger partial charge in [0.15, 0.2) is 0 Å². The summed E-state index contributed by atoms with van der Waals surface area (Å²) in [5.41, 5.74) is 13.0. The number of aromatic nitrogens is 2. The van der Waals surface area contributed by atoms with Gasteiger partial charge in [-0.2, -0.15) is 0 Å². The van der Waals surface area contributed by atoms with Crippen LogP contribution in [-0.2, 0) is 13.0 Å². The van der Waals surface area contributed by atoms with Crippen LogP contribution >= 0.6 is 0 Å². The van der Waals surface area contributed by atoms with Gasteiger partial charge in [0.1, 0.15) is 0 Å². The summed E-state index contributed by atoms with van der Waals surface area (Å²) in [5.74, 6) is 0.521. The zero-order chi connectivity index (χ0) is 10.7. The molecule has 15 heavy (non-hydrogen) atoms. The van der Waals surface area contributed by atoms with Crippen molar-refractivity contribution in [2.24, 2.45) is 5.73 Å². The molecule has 0 saturated carbocycles. The average Bonchev–Trinajstić information content (AvgIpc) is 2.65. The summed E-state index contributed by atoms with van der Waals surface area (Å²) < 4.78 is 5.07. The number of anilines is 1. The number of benzene rings is 1. The first kappa shape index (κ1) is 9.67. The average molecular weight is 204 g/mol. The van der Waals surface area contributed by atoms with Crippen molar-refractivity contribution >= 4 is 6.01 Å². The number of rotatable bonds is 3. The van der Waals surface area contributed by atoms with Gasteiger partial charge in [0.2, 0.25) is 5.89 Å². The van der Waals surface area contributed by atoms with E-state index in [1.165, 1.54) is 0 Å². The third-order valence-electron chi connectivity index (χ3n) is 2.10. The van der Waals surface area contributed by atoms with E-state index in [9.17, 15) is 0 Å². The second-order valence-corrected chi connectivity index (χ2v) is 3.23. The maximum atomic E-state index is 5.50. The topological polar surface area (TPSA) is 91.0 Å². The standard InChI is InChI=1S/C10H12N4O/c11-6-8-3-1-7(2-4-8)5-9-13-14-10(12)15-9/h1-4H,5-6,11H2,(H2,12,14). The van der Waals surface area contributed by atoms with Crippen LogP contribution in [0.4, 0.5) is 6.01 Å². The summed E-state index contributed by atoms with van der Waals surface area (Å²) in [7, 11) is 0. The first-order valence-electron chi connectivity index (χ1n) is 4.63. The van der Waals surface area contributed by atoms with Crippen molar-refractivity contribution in [3.8, 4) is 0 Å². The first-order valence-corrected chi connectivity index (χ1v) is 4.63. The molecule has 0 aliphatic rings. The smallest absolute Gasteiger partial charge is 0.312 e. The van der Waals surface area contributed by atoms with Crippen molar-refractivity contribution in [1.29, 1.82) is 0 Å². The molecule has 4 N–H and O–H groups in total. The molecule has 0 spiro atoms. The Morgan fingerprint density at radius 1 is 1.07 bits per heavy atom. The largest absolute Gasteiger partial charge is 0.408 e. The Kier molecular flexibility index (Phi) is 2.64. The fourth-order valence-corrected chi connectivity index (χ4v) is 1.31. The van der Waals surface area contributed by atoms with Crippen LogP contribution in [0.15, 0.2) is 28.7 Å². The third-order valence-corrected chi connectivity index (χ3v) is 2.10. The molecule has 1 heterocycles. The Morgan fingerprint density at radius 3 is 2.27 bits per heavy atom. The van der Waals surface area contributed by atoms with Crippen molar-refractivity contribution < 1.29 is 4.42 Å². The molecule has 78 valence electrons. The van der Waals surface area contributed by atoms with Crippen LogP contribution in [0.2, 0.25) is 0 Å². The number of nitrogens with two attached hydrogens (primary N) is 2. The summed E-state index contributed by atoms with van der Waals surface area (Å²) in [5, 5.41) is 7.37. The van der Waals surface area contributed by atoms with Gasteiger partial charge in [-0.05, 0) is 11.1 Å². The minimum Gasteiger partial charge on any atom is -0.408 e. The molecule has 2 aromatic rings. The minimum absolute atomic E-state index is 0.101. The number of nitrogens with zero attached hydrogens (tertiary/aromatic N) is 2. The molecule has 0 saturated heterocycles. The van der Waals surface area contributed by atoms with Gasteiger partial charge in [-0.15, -0.1) is 5.10 Å². The van der Waals surface area contributed by atoms with Gasteiger partial charge in [0, 0.05) is 6.54 Å². The molecule has 0 amide bonds. The van der Waals surface area contributed by atoms with Crippen molar-refractivity contribution in [1.82, 2.24) is 10.2 Å². The number of hydrogen-bond donors (Lipinski definition) is 2. The molecule has 2 rings (SSSR count). The first-order chi connectivity index (χ1) is 7.28. The summed E-state index contributed by atoms with van der Waals surface area (Å²) in [4.78, 5) is 0. The van der Waals surface area contributed by atoms with Crippen molar-refractivity contribution in [2.75, 3.05) is 5.73 Å². The highest BCUT2D eigenvalue weighted by molar-refractivity contribution is 5.24. The molecule has 5 heteroatoms. The third kappa shape index (κ3) is 2.32. The van der Waals surface area contributed by atoms with Gasteiger partial charge in [-0.3, -0.25) is 0 Å². The summed E-state index contributed by atoms with van der Waals surface area (Å²) >= 11 is 0. The highest BCUT2D eigenvalue weighted by Gasteiger charge is 2.03. The number of hydrogen-bond acceptors (Lipinski definition) is 5. The molecule has 5 nitrogen and oxygen atoms in total. The Morgan fingerprint density at radius 2 is 1.73 bits per heavy atom. The zero-order valence-electron chi connectivity index (χ0n) is 8.18. The lowest BCUT2D eigenvalue weighted by atomic mass is 10.1. The fraction of sp³-hybridized carbons (Fsp3) is 0.200. The van der Waals surface area contributed by atoms with Gasteiger partial charge in [-0.25, -0.2) is 0 Å². The van der Waals surface area contributed by atoms with Crippen LogP contribution in [-0.4, -0.2) is 10.2 Å². The predicted octanol–water partition coefficient (Wildman–Crippen LogP) is 0.701. The normalized spacial score (nSPS) is 10.5. The summed E-state index contributed by atoms with van der Waals surface area (Å²) in [6, 6.07) is 8.04. The minimum atomic E-state index is 0.101. The lowest BCUT2D eigenvalue weighted by Gasteiger charge is -1.99. The van der Waals surface area contributed by atoms with E-state index in [1.54, 1.807) is 0 Å². The lowest BCUT2D eigenvalue weighted by Crippen LogP contribution is -1.96. The maximum absolute atomic E-state index is 5.50. The highest BCUT2D eigenvalue weighted by Crippen LogP contribution is 2.10. The second-order valence-electron chi connectivity index (χ2n) is 3.23. The van der Waals surface area contributed by atoms with Crippen molar-refractivity contribution in [3.05, 3.63) is 41.3 Å². The SMILES string of the molecule is NCc1ccc(Cc2nnc(N)o2)cc1. The van der Waals surface area contributed by atoms with E-state index >= 15 is 0 Å². The maximum Gasteiger partial charge on any atom is 0.312 e. The Hall–Kier alpha value is -1.88. The second kappa shape index (κ2) is 4.10. The van der Waals surface area contributed by atoms with Crippen LogP contribution < -0.4 is 11.5 Å². The summed E-state index contributed by atoms with van der Waals surface area (Å²) in [6.07, 6.45) is 0.592. The molecule has 0 fully saturated rings. The molecule has 0 atom stereocenters. The predicted molar refractivity (Wildman–Crippen MR) is 55.8 cm³/mol. The van der Waals surface area contributed by atoms with Crippen LogP contribution in [0.25, 0.3) is 0 Å². The molecule has 1 aromatic heterocycles. The van der Waals surface area contributed by atoms with E-state index in [0.717, 1.165) is 11.1 Å². The molecule has 0 bridgehead atoms. The Balaban J connectivity index is 2.11. The van der Waals surface area contributed by atoms with Gasteiger partial charge < -0.3 is 15.9 Å². The molecular formula is C10H12N4O. The number of nitrogen functional groups attached to an aromatic ring is 1. The molecule has 1 aromatic carbocycles. The highest BCUT2D eigenvalue weighted by atomic mass is 16.4. The van der Waals surface area contributed by atoms with Crippen LogP contribution in [0.5, 0.6) is 0 Å². The quantitative estimate of drug-likeness (QED) is 0.768. The van der Waals surface area contributed by atoms with Crippen LogP contribution in [0, 0.1) is 0 Å². The van der Waals surface area contributed by atoms with Crippen molar-refractivity contribution in [3.63, 3.8) is 0 Å². The molecule has 0 aliphatic heterocycles. The van der Waals surface area contributed by atoms with Crippen molar-refractivity contribution in [2.45, 2.75) is 13.0 Å². The van der Waals surface area contributed by atoms with E-state index in [1.807, 2.05) is 24.3 Å². The molecule has 0 radical (unpaired) electrons. The molecule has 0 aliphatic carbocycles. The van der Waals surface area contributed by atoms with E-state index in [-0.39, 0.29) is 6.01 Å². The zero-order valence-corrected chi connectivity index (χ0v) is 8.18. The van der Waals surface area contributed by atoms with E-state index < -0.39 is 0 Å².